The van der Waals surface area contributed by atoms with E-state index in [4.69, 9.17) is 15.5 Å². The fourth-order valence-electron chi connectivity index (χ4n) is 2.33. The average molecular weight is 261 g/mol. The lowest BCUT2D eigenvalue weighted by molar-refractivity contribution is 0.187. The number of fused-ring (bicyclic) bond motifs is 1. The van der Waals surface area contributed by atoms with Crippen LogP contribution in [0.2, 0.25) is 0 Å². The van der Waals surface area contributed by atoms with Crippen molar-refractivity contribution in [2.24, 2.45) is 5.73 Å². The normalized spacial score (nSPS) is 13.0. The molecule has 0 spiro atoms. The number of methoxy groups -OCH3 is 1. The molecule has 1 aromatic carbocycles. The second-order valence-electron chi connectivity index (χ2n) is 5.03. The smallest absolute Gasteiger partial charge is 0.109 e. The lowest BCUT2D eigenvalue weighted by atomic mass is 10.1. The summed E-state index contributed by atoms with van der Waals surface area (Å²) in [5.41, 5.74) is 8.06. The van der Waals surface area contributed by atoms with Crippen LogP contribution in [0.25, 0.3) is 11.0 Å². The van der Waals surface area contributed by atoms with Gasteiger partial charge in [0.05, 0.1) is 17.6 Å². The molecule has 2 rings (SSSR count). The summed E-state index contributed by atoms with van der Waals surface area (Å²) >= 11 is 0. The number of nitrogens with zero attached hydrogens (tertiary/aromatic N) is 2. The van der Waals surface area contributed by atoms with Crippen molar-refractivity contribution in [3.63, 3.8) is 0 Å². The molecule has 1 atom stereocenters. The average Bonchev–Trinajstić information content (AvgIpc) is 2.74. The van der Waals surface area contributed by atoms with Gasteiger partial charge in [-0.05, 0) is 31.9 Å². The van der Waals surface area contributed by atoms with Crippen LogP contribution >= 0.6 is 0 Å². The van der Waals surface area contributed by atoms with Crippen LogP contribution in [0.4, 0.5) is 0 Å². The monoisotopic (exact) mass is 261 g/mol. The first-order valence-electron chi connectivity index (χ1n) is 6.91. The number of aryl methyl sites for hydroxylation is 1. The van der Waals surface area contributed by atoms with E-state index in [1.165, 1.54) is 5.52 Å². The molecule has 0 fully saturated rings. The molecule has 0 aliphatic carbocycles. The number of aromatic nitrogens is 2. The predicted octanol–water partition coefficient (Wildman–Crippen LogP) is 2.35. The van der Waals surface area contributed by atoms with Gasteiger partial charge in [-0.2, -0.15) is 0 Å². The Morgan fingerprint density at radius 3 is 2.89 bits per heavy atom. The molecule has 0 aliphatic rings. The highest BCUT2D eigenvalue weighted by molar-refractivity contribution is 5.75. The van der Waals surface area contributed by atoms with Crippen molar-refractivity contribution in [1.82, 2.24) is 9.55 Å². The molecule has 0 amide bonds. The summed E-state index contributed by atoms with van der Waals surface area (Å²) in [6.07, 6.45) is 3.08. The third-order valence-electron chi connectivity index (χ3n) is 3.31. The van der Waals surface area contributed by atoms with Gasteiger partial charge >= 0.3 is 0 Å². The van der Waals surface area contributed by atoms with Gasteiger partial charge < -0.3 is 15.0 Å². The SMILES string of the molecule is COCCn1c(CCCC(C)N)nc2ccccc21. The zero-order chi connectivity index (χ0) is 13.7. The minimum absolute atomic E-state index is 0.261. The lowest BCUT2D eigenvalue weighted by Crippen LogP contribution is -2.15. The molecule has 1 aromatic heterocycles. The molecular weight excluding hydrogens is 238 g/mol. The van der Waals surface area contributed by atoms with Gasteiger partial charge in [-0.25, -0.2) is 4.98 Å². The summed E-state index contributed by atoms with van der Waals surface area (Å²) in [4.78, 5) is 4.73. The summed E-state index contributed by atoms with van der Waals surface area (Å²) < 4.78 is 7.46. The Hall–Kier alpha value is -1.39. The Labute approximate surface area is 114 Å². The van der Waals surface area contributed by atoms with E-state index >= 15 is 0 Å². The second-order valence-corrected chi connectivity index (χ2v) is 5.03. The largest absolute Gasteiger partial charge is 0.383 e. The summed E-state index contributed by atoms with van der Waals surface area (Å²) in [5, 5.41) is 0. The van der Waals surface area contributed by atoms with Crippen LogP contribution < -0.4 is 5.73 Å². The van der Waals surface area contributed by atoms with Crippen LogP contribution in [0.5, 0.6) is 0 Å². The van der Waals surface area contributed by atoms with E-state index in [-0.39, 0.29) is 6.04 Å². The maximum atomic E-state index is 5.80. The number of benzene rings is 1. The van der Waals surface area contributed by atoms with E-state index in [9.17, 15) is 0 Å². The van der Waals surface area contributed by atoms with Crippen LogP contribution in [-0.4, -0.2) is 29.3 Å². The number of imidazole rings is 1. The first-order chi connectivity index (χ1) is 9.22. The highest BCUT2D eigenvalue weighted by Crippen LogP contribution is 2.17. The molecule has 4 nitrogen and oxygen atoms in total. The van der Waals surface area contributed by atoms with Gasteiger partial charge in [-0.1, -0.05) is 12.1 Å². The van der Waals surface area contributed by atoms with E-state index < -0.39 is 0 Å². The molecule has 0 bridgehead atoms. The molecule has 4 heteroatoms. The predicted molar refractivity (Wildman–Crippen MR) is 78.2 cm³/mol. The van der Waals surface area contributed by atoms with Crippen LogP contribution in [0.15, 0.2) is 24.3 Å². The van der Waals surface area contributed by atoms with Crippen molar-refractivity contribution in [3.8, 4) is 0 Å². The van der Waals surface area contributed by atoms with Gasteiger partial charge in [-0.3, -0.25) is 0 Å². The zero-order valence-corrected chi connectivity index (χ0v) is 11.8. The Morgan fingerprint density at radius 1 is 1.37 bits per heavy atom. The van der Waals surface area contributed by atoms with Gasteiger partial charge in [0, 0.05) is 26.1 Å². The van der Waals surface area contributed by atoms with E-state index in [2.05, 4.69) is 22.8 Å². The lowest BCUT2D eigenvalue weighted by Gasteiger charge is -2.09. The van der Waals surface area contributed by atoms with Crippen LogP contribution in [0, 0.1) is 0 Å². The third-order valence-corrected chi connectivity index (χ3v) is 3.31. The van der Waals surface area contributed by atoms with Crippen molar-refractivity contribution in [2.45, 2.75) is 38.8 Å². The third kappa shape index (κ3) is 3.55. The van der Waals surface area contributed by atoms with Gasteiger partial charge in [0.25, 0.3) is 0 Å². The second kappa shape index (κ2) is 6.68. The Bertz CT molecular complexity index is 519. The molecular formula is C15H23N3O. The molecule has 104 valence electrons. The standard InChI is InChI=1S/C15H23N3O/c1-12(16)6-5-9-15-17-13-7-3-4-8-14(13)18(15)10-11-19-2/h3-4,7-8,12H,5-6,9-11,16H2,1-2H3. The van der Waals surface area contributed by atoms with Crippen molar-refractivity contribution in [3.05, 3.63) is 30.1 Å². The van der Waals surface area contributed by atoms with Crippen LogP contribution in [0.3, 0.4) is 0 Å². The Morgan fingerprint density at radius 2 is 2.16 bits per heavy atom. The van der Waals surface area contributed by atoms with Crippen molar-refractivity contribution >= 4 is 11.0 Å². The number of ether oxygens (including phenoxy) is 1. The van der Waals surface area contributed by atoms with Crippen LogP contribution in [0.1, 0.15) is 25.6 Å². The number of hydrogen-bond donors (Lipinski definition) is 1. The number of rotatable bonds is 7. The summed E-state index contributed by atoms with van der Waals surface area (Å²) in [7, 11) is 1.73. The van der Waals surface area contributed by atoms with E-state index in [0.717, 1.165) is 37.1 Å². The maximum Gasteiger partial charge on any atom is 0.109 e. The van der Waals surface area contributed by atoms with Crippen molar-refractivity contribution < 1.29 is 4.74 Å². The fourth-order valence-corrected chi connectivity index (χ4v) is 2.33. The van der Waals surface area contributed by atoms with Crippen molar-refractivity contribution in [2.75, 3.05) is 13.7 Å². The number of para-hydroxylation sites is 2. The van der Waals surface area contributed by atoms with Gasteiger partial charge in [-0.15, -0.1) is 0 Å². The molecule has 0 saturated heterocycles. The summed E-state index contributed by atoms with van der Waals surface area (Å²) in [6, 6.07) is 8.53. The van der Waals surface area contributed by atoms with E-state index in [1.54, 1.807) is 7.11 Å². The Kier molecular flexibility index (Phi) is 4.93. The first-order valence-corrected chi connectivity index (χ1v) is 6.91. The summed E-state index contributed by atoms with van der Waals surface area (Å²) in [5.74, 6) is 1.14. The van der Waals surface area contributed by atoms with E-state index in [0.29, 0.717) is 6.61 Å². The van der Waals surface area contributed by atoms with Gasteiger partial charge in [0.15, 0.2) is 0 Å². The molecule has 19 heavy (non-hydrogen) atoms. The zero-order valence-electron chi connectivity index (χ0n) is 11.8. The van der Waals surface area contributed by atoms with Crippen LogP contribution in [-0.2, 0) is 17.7 Å². The molecule has 0 aliphatic heterocycles. The maximum absolute atomic E-state index is 5.80. The summed E-state index contributed by atoms with van der Waals surface area (Å²) in [6.45, 7) is 3.61. The van der Waals surface area contributed by atoms with Gasteiger partial charge in [0.2, 0.25) is 0 Å². The molecule has 2 N–H and O–H groups in total. The fraction of sp³-hybridized carbons (Fsp3) is 0.533. The molecule has 2 aromatic rings. The molecule has 0 radical (unpaired) electrons. The minimum atomic E-state index is 0.261. The van der Waals surface area contributed by atoms with Gasteiger partial charge in [0.1, 0.15) is 5.82 Å². The highest BCUT2D eigenvalue weighted by Gasteiger charge is 2.10. The van der Waals surface area contributed by atoms with E-state index in [1.807, 2.05) is 13.0 Å². The topological polar surface area (TPSA) is 53.1 Å². The first kappa shape index (κ1) is 14.0. The molecule has 1 unspecified atom stereocenters. The molecule has 1 heterocycles. The minimum Gasteiger partial charge on any atom is -0.383 e. The number of hydrogen-bond acceptors (Lipinski definition) is 3. The number of nitrogens with two attached hydrogens (primary N) is 1. The Balaban J connectivity index is 2.19. The highest BCUT2D eigenvalue weighted by atomic mass is 16.5. The quantitative estimate of drug-likeness (QED) is 0.832. The molecule has 0 saturated carbocycles. The van der Waals surface area contributed by atoms with Crippen molar-refractivity contribution in [1.29, 1.82) is 0 Å².